The van der Waals surface area contributed by atoms with Crippen LogP contribution in [0.1, 0.15) is 6.42 Å². The highest BCUT2D eigenvalue weighted by atomic mass is 16.5. The fraction of sp³-hybridized carbons (Fsp3) is 0.500. The van der Waals surface area contributed by atoms with E-state index in [0.29, 0.717) is 23.9 Å². The zero-order chi connectivity index (χ0) is 15.2. The van der Waals surface area contributed by atoms with E-state index < -0.39 is 5.76 Å². The normalized spacial score (nSPS) is 15.8. The summed E-state index contributed by atoms with van der Waals surface area (Å²) < 4.78 is 10.1. The topological polar surface area (TPSA) is 96.3 Å². The number of nitrogens with zero attached hydrogens (tertiary/aromatic N) is 3. The lowest BCUT2D eigenvalue weighted by Crippen LogP contribution is -2.43. The van der Waals surface area contributed by atoms with Gasteiger partial charge in [0.2, 0.25) is 5.82 Å². The molecule has 2 aromatic rings. The number of ether oxygens (including phenoxy) is 1. The molecule has 8 heteroatoms. The number of piperazine rings is 1. The van der Waals surface area contributed by atoms with Crippen molar-refractivity contribution in [2.75, 3.05) is 39.3 Å². The average molecular weight is 305 g/mol. The van der Waals surface area contributed by atoms with Crippen LogP contribution in [0, 0.1) is 0 Å². The molecule has 1 fully saturated rings. The second-order valence-corrected chi connectivity index (χ2v) is 5.12. The number of nitrogens with one attached hydrogen (secondary N) is 2. The molecular weight excluding hydrogens is 286 g/mol. The zero-order valence-electron chi connectivity index (χ0n) is 12.2. The Balaban J connectivity index is 1.44. The highest BCUT2D eigenvalue weighted by molar-refractivity contribution is 5.48. The molecule has 0 aromatic carbocycles. The van der Waals surface area contributed by atoms with Gasteiger partial charge in [-0.1, -0.05) is 5.16 Å². The van der Waals surface area contributed by atoms with Gasteiger partial charge in [0.05, 0.1) is 12.8 Å². The summed E-state index contributed by atoms with van der Waals surface area (Å²) in [5.74, 6) is 0.426. The number of hydrogen-bond acceptors (Lipinski definition) is 7. The Morgan fingerprint density at radius 1 is 1.32 bits per heavy atom. The molecule has 1 saturated heterocycles. The van der Waals surface area contributed by atoms with Gasteiger partial charge in [-0.05, 0) is 18.6 Å². The molecule has 22 heavy (non-hydrogen) atoms. The molecule has 2 aromatic heterocycles. The molecule has 1 aliphatic rings. The number of aromatic amines is 1. The quantitative estimate of drug-likeness (QED) is 0.731. The Morgan fingerprint density at radius 2 is 2.18 bits per heavy atom. The van der Waals surface area contributed by atoms with Crippen molar-refractivity contribution in [1.82, 2.24) is 25.3 Å². The molecule has 0 aliphatic carbocycles. The average Bonchev–Trinajstić information content (AvgIpc) is 3.00. The van der Waals surface area contributed by atoms with E-state index in [0.717, 1.165) is 39.1 Å². The maximum Gasteiger partial charge on any atom is 0.439 e. The Hall–Kier alpha value is -2.19. The van der Waals surface area contributed by atoms with E-state index in [1.54, 1.807) is 18.3 Å². The van der Waals surface area contributed by atoms with Crippen molar-refractivity contribution in [2.24, 2.45) is 0 Å². The lowest BCUT2D eigenvalue weighted by Gasteiger charge is -2.26. The summed E-state index contributed by atoms with van der Waals surface area (Å²) in [5.41, 5.74) is 0.541. The van der Waals surface area contributed by atoms with E-state index in [9.17, 15) is 4.79 Å². The van der Waals surface area contributed by atoms with E-state index in [1.807, 2.05) is 0 Å². The van der Waals surface area contributed by atoms with Gasteiger partial charge in [0.15, 0.2) is 0 Å². The standard InChI is InChI=1S/C14H19N5O3/c20-14-17-13(18-22-14)12-3-2-11(10-16-12)21-9-1-6-19-7-4-15-5-8-19/h2-3,10,15H,1,4-9H2,(H,17,18,20). The van der Waals surface area contributed by atoms with Gasteiger partial charge in [-0.3, -0.25) is 9.51 Å². The van der Waals surface area contributed by atoms with E-state index in [1.165, 1.54) is 0 Å². The first kappa shape index (κ1) is 14.7. The summed E-state index contributed by atoms with van der Waals surface area (Å²) in [7, 11) is 0. The third kappa shape index (κ3) is 3.92. The van der Waals surface area contributed by atoms with Crippen molar-refractivity contribution >= 4 is 0 Å². The van der Waals surface area contributed by atoms with Crippen molar-refractivity contribution < 1.29 is 9.26 Å². The van der Waals surface area contributed by atoms with Crippen LogP contribution >= 0.6 is 0 Å². The second kappa shape index (κ2) is 7.19. The number of H-pyrrole nitrogens is 1. The Labute approximate surface area is 127 Å². The lowest BCUT2D eigenvalue weighted by molar-refractivity contribution is 0.213. The SMILES string of the molecule is O=c1[nH]c(-c2ccc(OCCCN3CCNCC3)cn2)no1. The van der Waals surface area contributed by atoms with E-state index >= 15 is 0 Å². The van der Waals surface area contributed by atoms with E-state index in [-0.39, 0.29) is 0 Å². The smallest absolute Gasteiger partial charge is 0.439 e. The van der Waals surface area contributed by atoms with Gasteiger partial charge in [-0.15, -0.1) is 0 Å². The Morgan fingerprint density at radius 3 is 2.86 bits per heavy atom. The molecule has 0 unspecified atom stereocenters. The second-order valence-electron chi connectivity index (χ2n) is 5.12. The van der Waals surface area contributed by atoms with Crippen LogP contribution in [0.3, 0.4) is 0 Å². The van der Waals surface area contributed by atoms with Crippen molar-refractivity contribution in [1.29, 1.82) is 0 Å². The van der Waals surface area contributed by atoms with Gasteiger partial charge in [0, 0.05) is 32.7 Å². The molecule has 0 atom stereocenters. The minimum atomic E-state index is -0.593. The van der Waals surface area contributed by atoms with Crippen LogP contribution in [0.2, 0.25) is 0 Å². The maximum atomic E-state index is 10.9. The summed E-state index contributed by atoms with van der Waals surface area (Å²) in [6, 6.07) is 3.54. The maximum absolute atomic E-state index is 10.9. The number of hydrogen-bond donors (Lipinski definition) is 2. The molecule has 3 rings (SSSR count). The fourth-order valence-corrected chi connectivity index (χ4v) is 2.36. The number of pyridine rings is 1. The number of aromatic nitrogens is 3. The minimum absolute atomic E-state index is 0.315. The van der Waals surface area contributed by atoms with Gasteiger partial charge in [-0.25, -0.2) is 9.78 Å². The van der Waals surface area contributed by atoms with Gasteiger partial charge in [0.1, 0.15) is 11.4 Å². The third-order valence-corrected chi connectivity index (χ3v) is 3.52. The van der Waals surface area contributed by atoms with E-state index in [2.05, 4.69) is 29.9 Å². The minimum Gasteiger partial charge on any atom is -0.492 e. The predicted octanol–water partition coefficient (Wildman–Crippen LogP) is 0.0990. The Bertz CT molecular complexity index is 630. The van der Waals surface area contributed by atoms with Crippen molar-refractivity contribution in [3.63, 3.8) is 0 Å². The summed E-state index contributed by atoms with van der Waals surface area (Å²) in [4.78, 5) is 20.0. The van der Waals surface area contributed by atoms with Crippen molar-refractivity contribution in [3.05, 3.63) is 28.9 Å². The highest BCUT2D eigenvalue weighted by Gasteiger charge is 2.09. The molecule has 0 radical (unpaired) electrons. The fourth-order valence-electron chi connectivity index (χ4n) is 2.36. The molecule has 0 bridgehead atoms. The first-order chi connectivity index (χ1) is 10.8. The molecule has 3 heterocycles. The predicted molar refractivity (Wildman–Crippen MR) is 79.8 cm³/mol. The highest BCUT2D eigenvalue weighted by Crippen LogP contribution is 2.15. The molecule has 0 spiro atoms. The van der Waals surface area contributed by atoms with Crippen LogP contribution in [0.15, 0.2) is 27.6 Å². The molecule has 2 N–H and O–H groups in total. The van der Waals surface area contributed by atoms with Crippen LogP contribution in [-0.4, -0.2) is 59.4 Å². The van der Waals surface area contributed by atoms with Gasteiger partial charge < -0.3 is 15.0 Å². The number of rotatable bonds is 6. The van der Waals surface area contributed by atoms with Crippen molar-refractivity contribution in [2.45, 2.75) is 6.42 Å². The molecule has 1 aliphatic heterocycles. The summed E-state index contributed by atoms with van der Waals surface area (Å²) in [6.07, 6.45) is 2.60. The third-order valence-electron chi connectivity index (χ3n) is 3.52. The monoisotopic (exact) mass is 305 g/mol. The molecule has 0 amide bonds. The van der Waals surface area contributed by atoms with Crippen molar-refractivity contribution in [3.8, 4) is 17.3 Å². The van der Waals surface area contributed by atoms with Crippen LogP contribution < -0.4 is 15.8 Å². The lowest BCUT2D eigenvalue weighted by atomic mass is 10.3. The summed E-state index contributed by atoms with van der Waals surface area (Å²) in [5, 5.41) is 6.92. The molecule has 118 valence electrons. The summed E-state index contributed by atoms with van der Waals surface area (Å²) in [6.45, 7) is 6.05. The largest absolute Gasteiger partial charge is 0.492 e. The Kier molecular flexibility index (Phi) is 4.81. The zero-order valence-corrected chi connectivity index (χ0v) is 12.2. The van der Waals surface area contributed by atoms with Crippen LogP contribution in [0.25, 0.3) is 11.5 Å². The van der Waals surface area contributed by atoms with E-state index in [4.69, 9.17) is 4.74 Å². The van der Waals surface area contributed by atoms with Crippen LogP contribution in [0.5, 0.6) is 5.75 Å². The van der Waals surface area contributed by atoms with Crippen LogP contribution in [-0.2, 0) is 0 Å². The summed E-state index contributed by atoms with van der Waals surface area (Å²) >= 11 is 0. The molecule has 0 saturated carbocycles. The first-order valence-electron chi connectivity index (χ1n) is 7.39. The van der Waals surface area contributed by atoms with Crippen LogP contribution in [0.4, 0.5) is 0 Å². The molecule has 8 nitrogen and oxygen atoms in total. The van der Waals surface area contributed by atoms with Gasteiger partial charge >= 0.3 is 5.76 Å². The molecular formula is C14H19N5O3. The van der Waals surface area contributed by atoms with Gasteiger partial charge in [-0.2, -0.15) is 0 Å². The first-order valence-corrected chi connectivity index (χ1v) is 7.39. The van der Waals surface area contributed by atoms with Gasteiger partial charge in [0.25, 0.3) is 0 Å².